The second-order valence-electron chi connectivity index (χ2n) is 11.9. The Labute approximate surface area is 288 Å². The Hall–Kier alpha value is -5.84. The maximum Gasteiger partial charge on any atom is 0.178 e. The third kappa shape index (κ3) is 7.12. The fourth-order valence-electron chi connectivity index (χ4n) is 6.39. The molecule has 0 saturated carbocycles. The standard InChI is InChI=1S/C21H20O4.C20H16O5/c22-13-20(25)18-3-1-2-4-19(18)21(14-5-9-16(23)10-6-14)15-7-11-17(24)12-8-15;21-11-5-7-15-17(9-11)25-18-10-12(22)6-8-16(18)19(15)13-3-1-2-4-14(13)20(23)24/h1-12,20-25H,13H2;1-10,19-24H. The highest BCUT2D eigenvalue weighted by atomic mass is 16.5. The summed E-state index contributed by atoms with van der Waals surface area (Å²) in [5.74, 6) is 0.883. The molecule has 1 atom stereocenters. The quantitative estimate of drug-likeness (QED) is 0.0680. The van der Waals surface area contributed by atoms with E-state index in [2.05, 4.69) is 0 Å². The fraction of sp³-hybridized carbons (Fsp3) is 0.122. The van der Waals surface area contributed by atoms with Gasteiger partial charge in [-0.3, -0.25) is 0 Å². The molecule has 0 amide bonds. The Kier molecular flexibility index (Phi) is 10.0. The summed E-state index contributed by atoms with van der Waals surface area (Å²) in [5.41, 5.74) is 6.08. The molecule has 0 saturated heterocycles. The van der Waals surface area contributed by atoms with Crippen LogP contribution >= 0.6 is 0 Å². The van der Waals surface area contributed by atoms with Crippen molar-refractivity contribution in [1.29, 1.82) is 0 Å². The monoisotopic (exact) mass is 672 g/mol. The van der Waals surface area contributed by atoms with E-state index in [4.69, 9.17) is 4.74 Å². The van der Waals surface area contributed by atoms with Gasteiger partial charge in [0.25, 0.3) is 0 Å². The third-order valence-corrected chi connectivity index (χ3v) is 8.71. The van der Waals surface area contributed by atoms with Gasteiger partial charge in [-0.25, -0.2) is 0 Å². The van der Waals surface area contributed by atoms with Crippen molar-refractivity contribution in [3.05, 3.63) is 178 Å². The number of aliphatic hydroxyl groups is 4. The normalized spacial score (nSPS) is 12.8. The summed E-state index contributed by atoms with van der Waals surface area (Å²) in [7, 11) is 0. The van der Waals surface area contributed by atoms with E-state index in [0.29, 0.717) is 22.6 Å². The van der Waals surface area contributed by atoms with Gasteiger partial charge in [-0.05, 0) is 64.2 Å². The number of phenols is 4. The Balaban J connectivity index is 0.000000173. The summed E-state index contributed by atoms with van der Waals surface area (Å²) in [6, 6.07) is 37.9. The van der Waals surface area contributed by atoms with Crippen LogP contribution in [0.25, 0.3) is 0 Å². The van der Waals surface area contributed by atoms with Gasteiger partial charge in [-0.15, -0.1) is 0 Å². The van der Waals surface area contributed by atoms with Gasteiger partial charge < -0.3 is 45.6 Å². The lowest BCUT2D eigenvalue weighted by Gasteiger charge is -2.30. The zero-order valence-corrected chi connectivity index (χ0v) is 26.7. The third-order valence-electron chi connectivity index (χ3n) is 8.71. The van der Waals surface area contributed by atoms with E-state index in [9.17, 15) is 40.9 Å². The molecule has 0 spiro atoms. The molecule has 254 valence electrons. The Bertz CT molecular complexity index is 1970. The molecule has 0 bridgehead atoms. The van der Waals surface area contributed by atoms with Crippen LogP contribution in [0.4, 0.5) is 0 Å². The summed E-state index contributed by atoms with van der Waals surface area (Å²) >= 11 is 0. The molecule has 9 nitrogen and oxygen atoms in total. The number of rotatable bonds is 7. The van der Waals surface area contributed by atoms with Gasteiger partial charge >= 0.3 is 0 Å². The van der Waals surface area contributed by atoms with Gasteiger partial charge in [0.2, 0.25) is 0 Å². The number of fused-ring (bicyclic) bond motifs is 2. The maximum absolute atomic E-state index is 10.2. The highest BCUT2D eigenvalue weighted by molar-refractivity contribution is 5.61. The summed E-state index contributed by atoms with van der Waals surface area (Å²) in [4.78, 5) is 0. The predicted molar refractivity (Wildman–Crippen MR) is 186 cm³/mol. The van der Waals surface area contributed by atoms with E-state index in [1.54, 1.807) is 66.7 Å². The van der Waals surface area contributed by atoms with Crippen LogP contribution in [0, 0.1) is 0 Å². The number of aliphatic hydroxyl groups excluding tert-OH is 3. The molecule has 0 radical (unpaired) electrons. The molecule has 9 heteroatoms. The van der Waals surface area contributed by atoms with Crippen molar-refractivity contribution in [1.82, 2.24) is 0 Å². The highest BCUT2D eigenvalue weighted by Crippen LogP contribution is 2.50. The number of benzene rings is 6. The minimum atomic E-state index is -1.61. The van der Waals surface area contributed by atoms with E-state index in [-0.39, 0.29) is 41.4 Å². The molecule has 50 heavy (non-hydrogen) atoms. The van der Waals surface area contributed by atoms with E-state index in [1.165, 1.54) is 12.1 Å². The summed E-state index contributed by atoms with van der Waals surface area (Å²) < 4.78 is 5.85. The van der Waals surface area contributed by atoms with Crippen molar-refractivity contribution in [2.75, 3.05) is 6.61 Å². The molecule has 0 aromatic heterocycles. The number of ether oxygens (including phenoxy) is 1. The lowest BCUT2D eigenvalue weighted by molar-refractivity contribution is -0.0431. The van der Waals surface area contributed by atoms with E-state index in [0.717, 1.165) is 33.4 Å². The lowest BCUT2D eigenvalue weighted by atomic mass is 9.80. The Morgan fingerprint density at radius 3 is 1.40 bits per heavy atom. The van der Waals surface area contributed by atoms with Crippen LogP contribution in [-0.4, -0.2) is 47.5 Å². The maximum atomic E-state index is 10.2. The van der Waals surface area contributed by atoms with Crippen LogP contribution in [0.15, 0.2) is 133 Å². The van der Waals surface area contributed by atoms with Crippen molar-refractivity contribution in [3.8, 4) is 34.5 Å². The van der Waals surface area contributed by atoms with Gasteiger partial charge in [0.1, 0.15) is 40.6 Å². The number of aromatic hydroxyl groups is 4. The van der Waals surface area contributed by atoms with Crippen molar-refractivity contribution >= 4 is 0 Å². The fourth-order valence-corrected chi connectivity index (χ4v) is 6.39. The minimum absolute atomic E-state index is 0.0663. The Morgan fingerprint density at radius 2 is 0.920 bits per heavy atom. The first kappa shape index (κ1) is 34.0. The van der Waals surface area contributed by atoms with Gasteiger partial charge in [0.05, 0.1) is 6.61 Å². The highest BCUT2D eigenvalue weighted by Gasteiger charge is 2.31. The first-order chi connectivity index (χ1) is 24.1. The lowest BCUT2D eigenvalue weighted by Crippen LogP contribution is -2.14. The number of hydrogen-bond acceptors (Lipinski definition) is 9. The van der Waals surface area contributed by atoms with Gasteiger partial charge in [-0.2, -0.15) is 0 Å². The molecule has 1 heterocycles. The topological polar surface area (TPSA) is 171 Å². The van der Waals surface area contributed by atoms with Crippen LogP contribution in [-0.2, 0) is 0 Å². The van der Waals surface area contributed by atoms with E-state index >= 15 is 0 Å². The van der Waals surface area contributed by atoms with Gasteiger partial charge in [-0.1, -0.05) is 84.9 Å². The first-order valence-electron chi connectivity index (χ1n) is 15.9. The Morgan fingerprint density at radius 1 is 0.480 bits per heavy atom. The molecule has 1 aliphatic rings. The number of hydrogen-bond donors (Lipinski definition) is 8. The second-order valence-corrected chi connectivity index (χ2v) is 11.9. The molecule has 1 unspecified atom stereocenters. The summed E-state index contributed by atoms with van der Waals surface area (Å²) in [6.45, 7) is -0.366. The molecule has 6 aromatic carbocycles. The minimum Gasteiger partial charge on any atom is -0.508 e. The molecule has 6 aromatic rings. The molecule has 0 aliphatic carbocycles. The van der Waals surface area contributed by atoms with E-state index in [1.807, 2.05) is 54.6 Å². The van der Waals surface area contributed by atoms with Crippen molar-refractivity contribution in [3.63, 3.8) is 0 Å². The zero-order valence-electron chi connectivity index (χ0n) is 26.7. The average Bonchev–Trinajstić information content (AvgIpc) is 3.12. The second kappa shape index (κ2) is 14.7. The molecular weight excluding hydrogens is 636 g/mol. The van der Waals surface area contributed by atoms with Crippen LogP contribution in [0.2, 0.25) is 0 Å². The molecule has 7 rings (SSSR count). The average molecular weight is 673 g/mol. The van der Waals surface area contributed by atoms with Crippen molar-refractivity contribution in [2.45, 2.75) is 24.2 Å². The van der Waals surface area contributed by atoms with Crippen LogP contribution in [0.1, 0.15) is 68.7 Å². The van der Waals surface area contributed by atoms with E-state index < -0.39 is 12.4 Å². The van der Waals surface area contributed by atoms with Crippen LogP contribution in [0.3, 0.4) is 0 Å². The number of phenolic OH excluding ortho intramolecular Hbond substituents is 4. The summed E-state index contributed by atoms with van der Waals surface area (Å²) in [5, 5.41) is 77.9. The van der Waals surface area contributed by atoms with Crippen molar-refractivity contribution < 1.29 is 45.6 Å². The molecule has 8 N–H and O–H groups in total. The summed E-state index contributed by atoms with van der Waals surface area (Å²) in [6.07, 6.45) is -2.59. The molecule has 0 fully saturated rings. The zero-order chi connectivity index (χ0) is 35.4. The predicted octanol–water partition coefficient (Wildman–Crippen LogP) is 6.67. The largest absolute Gasteiger partial charge is 0.508 e. The SMILES string of the molecule is OCC(O)c1ccccc1C(c1ccc(O)cc1)c1ccc(O)cc1.Oc1ccc2c(c1)Oc1cc(O)ccc1C2c1ccccc1C(O)O. The smallest absolute Gasteiger partial charge is 0.178 e. The van der Waals surface area contributed by atoms with Gasteiger partial charge in [0, 0.05) is 40.7 Å². The molecular formula is C41H36O9. The van der Waals surface area contributed by atoms with Crippen molar-refractivity contribution in [2.24, 2.45) is 0 Å². The van der Waals surface area contributed by atoms with Crippen LogP contribution in [0.5, 0.6) is 34.5 Å². The first-order valence-corrected chi connectivity index (χ1v) is 15.9. The molecule has 1 aliphatic heterocycles. The van der Waals surface area contributed by atoms with Crippen LogP contribution < -0.4 is 4.74 Å². The van der Waals surface area contributed by atoms with Gasteiger partial charge in [0.15, 0.2) is 6.29 Å².